The number of nitrogens with one attached hydrogen (secondary N) is 1. The van der Waals surface area contributed by atoms with Gasteiger partial charge < -0.3 is 23.6 Å². The largest absolute Gasteiger partial charge is 0.486 e. The number of hydrogen-bond acceptors (Lipinski definition) is 6. The summed E-state index contributed by atoms with van der Waals surface area (Å²) < 4.78 is 19.3. The fourth-order valence-electron chi connectivity index (χ4n) is 3.71. The van der Waals surface area contributed by atoms with Crippen molar-refractivity contribution in [2.24, 2.45) is 5.10 Å². The van der Waals surface area contributed by atoms with Crippen molar-refractivity contribution in [3.8, 4) is 17.2 Å². The van der Waals surface area contributed by atoms with Crippen LogP contribution in [0.5, 0.6) is 11.5 Å². The normalized spacial score (nSPS) is 11.9. The molecule has 2 N–H and O–H groups in total. The maximum Gasteiger partial charge on any atom is 0.344 e. The summed E-state index contributed by atoms with van der Waals surface area (Å²) in [5.41, 5.74) is 6.29. The molecule has 0 unspecified atom stereocenters. The van der Waals surface area contributed by atoms with Gasteiger partial charge in [-0.25, -0.2) is 10.2 Å². The van der Waals surface area contributed by atoms with E-state index in [0.717, 1.165) is 17.1 Å². The van der Waals surface area contributed by atoms with Crippen molar-refractivity contribution >= 4 is 45.6 Å². The van der Waals surface area contributed by atoms with Crippen LogP contribution < -0.4 is 14.9 Å². The number of halogens is 2. The predicted octanol–water partition coefficient (Wildman–Crippen LogP) is 6.30. The molecule has 0 fully saturated rings. The summed E-state index contributed by atoms with van der Waals surface area (Å²) in [7, 11) is 0. The van der Waals surface area contributed by atoms with Crippen LogP contribution in [0.2, 0.25) is 5.02 Å². The number of furan rings is 1. The number of benzene rings is 2. The van der Waals surface area contributed by atoms with E-state index in [1.165, 1.54) is 25.3 Å². The molecular weight excluding hydrogens is 590 g/mol. The lowest BCUT2D eigenvalue weighted by molar-refractivity contribution is -0.144. The number of amides is 1. The van der Waals surface area contributed by atoms with Crippen LogP contribution in [0.1, 0.15) is 40.2 Å². The molecule has 0 aliphatic rings. The van der Waals surface area contributed by atoms with E-state index in [1.807, 2.05) is 24.3 Å². The van der Waals surface area contributed by atoms with Gasteiger partial charge in [-0.3, -0.25) is 4.79 Å². The minimum absolute atomic E-state index is 0.0743. The molecule has 2 aromatic carbocycles. The first kappa shape index (κ1) is 28.0. The van der Waals surface area contributed by atoms with Crippen LogP contribution >= 0.6 is 27.5 Å². The fourth-order valence-corrected chi connectivity index (χ4v) is 4.67. The zero-order chi connectivity index (χ0) is 28.1. The third-order valence-corrected chi connectivity index (χ3v) is 6.55. The first-order valence-electron chi connectivity index (χ1n) is 11.8. The van der Waals surface area contributed by atoms with Crippen LogP contribution in [-0.2, 0) is 11.4 Å². The van der Waals surface area contributed by atoms with E-state index in [-0.39, 0.29) is 23.1 Å². The summed E-state index contributed by atoms with van der Waals surface area (Å²) in [4.78, 5) is 23.5. The SMILES string of the molecule is Cc1ccc(C)n1-c1ccc(OCc2ccc(C(=O)N/N=C/c3cc(Cl)c(O[C@@H](C)C(=O)O)c(Br)c3)o2)cc1. The Morgan fingerprint density at radius 2 is 1.82 bits per heavy atom. The number of carbonyl (C=O) groups excluding carboxylic acids is 1. The van der Waals surface area contributed by atoms with Crippen LogP contribution in [0.25, 0.3) is 5.69 Å². The Labute approximate surface area is 238 Å². The van der Waals surface area contributed by atoms with Crippen molar-refractivity contribution < 1.29 is 28.6 Å². The van der Waals surface area contributed by atoms with Gasteiger partial charge in [0.05, 0.1) is 15.7 Å². The number of nitrogens with zero attached hydrogens (tertiary/aromatic N) is 2. The quantitative estimate of drug-likeness (QED) is 0.160. The molecule has 0 spiro atoms. The second kappa shape index (κ2) is 12.2. The topological polar surface area (TPSA) is 115 Å². The summed E-state index contributed by atoms with van der Waals surface area (Å²) >= 11 is 9.52. The molecule has 2 aromatic heterocycles. The third kappa shape index (κ3) is 6.90. The van der Waals surface area contributed by atoms with Crippen molar-refractivity contribution in [3.05, 3.63) is 98.6 Å². The number of hydrazone groups is 1. The van der Waals surface area contributed by atoms with Crippen molar-refractivity contribution in [3.63, 3.8) is 0 Å². The molecule has 0 radical (unpaired) electrons. The number of carboxylic acid groups (broad SMARTS) is 1. The van der Waals surface area contributed by atoms with Gasteiger partial charge in [-0.1, -0.05) is 11.6 Å². The molecule has 39 heavy (non-hydrogen) atoms. The second-order valence-corrected chi connectivity index (χ2v) is 9.87. The van der Waals surface area contributed by atoms with Gasteiger partial charge in [0.1, 0.15) is 18.1 Å². The van der Waals surface area contributed by atoms with Crippen molar-refractivity contribution in [2.75, 3.05) is 0 Å². The predicted molar refractivity (Wildman–Crippen MR) is 150 cm³/mol. The Hall–Kier alpha value is -4.02. The van der Waals surface area contributed by atoms with Gasteiger partial charge in [-0.15, -0.1) is 0 Å². The number of carboxylic acids is 1. The van der Waals surface area contributed by atoms with Crippen LogP contribution in [-0.4, -0.2) is 33.9 Å². The first-order valence-corrected chi connectivity index (χ1v) is 13.0. The van der Waals surface area contributed by atoms with Crippen LogP contribution in [0, 0.1) is 13.8 Å². The molecule has 0 saturated heterocycles. The molecule has 0 aliphatic heterocycles. The number of aliphatic carboxylic acids is 1. The maximum absolute atomic E-state index is 12.4. The highest BCUT2D eigenvalue weighted by atomic mass is 79.9. The molecule has 1 atom stereocenters. The van der Waals surface area contributed by atoms with E-state index in [4.69, 9.17) is 30.6 Å². The highest BCUT2D eigenvalue weighted by Gasteiger charge is 2.17. The smallest absolute Gasteiger partial charge is 0.344 e. The van der Waals surface area contributed by atoms with Gasteiger partial charge in [-0.2, -0.15) is 5.10 Å². The molecule has 0 bridgehead atoms. The zero-order valence-corrected chi connectivity index (χ0v) is 23.6. The molecule has 9 nitrogen and oxygen atoms in total. The van der Waals surface area contributed by atoms with Crippen LogP contribution in [0.15, 0.2) is 74.7 Å². The zero-order valence-electron chi connectivity index (χ0n) is 21.3. The Morgan fingerprint density at radius 1 is 1.13 bits per heavy atom. The number of aromatic nitrogens is 1. The lowest BCUT2D eigenvalue weighted by Crippen LogP contribution is -2.23. The van der Waals surface area contributed by atoms with Crippen LogP contribution in [0.4, 0.5) is 0 Å². The fraction of sp³-hybridized carbons (Fsp3) is 0.179. The maximum atomic E-state index is 12.4. The Bertz CT molecular complexity index is 1480. The van der Waals surface area contributed by atoms with Crippen LogP contribution in [0.3, 0.4) is 0 Å². The van der Waals surface area contributed by atoms with E-state index in [9.17, 15) is 9.59 Å². The lowest BCUT2D eigenvalue weighted by atomic mass is 10.2. The Kier molecular flexibility index (Phi) is 8.78. The number of aryl methyl sites for hydroxylation is 2. The van der Waals surface area contributed by atoms with Crippen molar-refractivity contribution in [1.29, 1.82) is 0 Å². The van der Waals surface area contributed by atoms with E-state index in [0.29, 0.717) is 21.5 Å². The van der Waals surface area contributed by atoms with E-state index >= 15 is 0 Å². The average Bonchev–Trinajstić information content (AvgIpc) is 3.51. The summed E-state index contributed by atoms with van der Waals surface area (Å²) in [5.74, 6) is -0.240. The van der Waals surface area contributed by atoms with Gasteiger partial charge in [-0.05, 0) is 103 Å². The van der Waals surface area contributed by atoms with E-state index in [2.05, 4.69) is 57.0 Å². The molecule has 4 aromatic rings. The van der Waals surface area contributed by atoms with E-state index in [1.54, 1.807) is 12.1 Å². The second-order valence-electron chi connectivity index (χ2n) is 8.61. The van der Waals surface area contributed by atoms with Gasteiger partial charge in [0, 0.05) is 17.1 Å². The molecule has 0 saturated carbocycles. The van der Waals surface area contributed by atoms with Gasteiger partial charge >= 0.3 is 11.9 Å². The van der Waals surface area contributed by atoms with Gasteiger partial charge in [0.25, 0.3) is 0 Å². The monoisotopic (exact) mass is 613 g/mol. The number of rotatable bonds is 10. The molecular formula is C28H25BrClN3O6. The first-order chi connectivity index (χ1) is 18.6. The summed E-state index contributed by atoms with van der Waals surface area (Å²) in [6.07, 6.45) is 0.303. The summed E-state index contributed by atoms with van der Waals surface area (Å²) in [6.45, 7) is 5.66. The number of ether oxygens (including phenoxy) is 2. The standard InChI is InChI=1S/C28H25BrClN3O6/c1-16-4-5-17(2)33(16)20-6-8-21(9-7-20)37-15-22-10-11-25(39-22)27(34)32-31-14-19-12-23(29)26(24(30)13-19)38-18(3)28(35)36/h4-14,18H,15H2,1-3H3,(H,32,34)(H,35,36)/b31-14+/t18-/m0/s1. The average molecular weight is 615 g/mol. The third-order valence-electron chi connectivity index (χ3n) is 5.68. The molecule has 1 amide bonds. The Morgan fingerprint density at radius 3 is 2.46 bits per heavy atom. The molecule has 11 heteroatoms. The lowest BCUT2D eigenvalue weighted by Gasteiger charge is -2.14. The molecule has 2 heterocycles. The Balaban J connectivity index is 1.31. The highest BCUT2D eigenvalue weighted by molar-refractivity contribution is 9.10. The number of carbonyl (C=O) groups is 2. The molecule has 202 valence electrons. The van der Waals surface area contributed by atoms with E-state index < -0.39 is 18.0 Å². The summed E-state index contributed by atoms with van der Waals surface area (Å²) in [6, 6.07) is 18.2. The summed E-state index contributed by atoms with van der Waals surface area (Å²) in [5, 5.41) is 13.1. The highest BCUT2D eigenvalue weighted by Crippen LogP contribution is 2.35. The van der Waals surface area contributed by atoms with Crippen molar-refractivity contribution in [2.45, 2.75) is 33.5 Å². The minimum atomic E-state index is -1.12. The van der Waals surface area contributed by atoms with Gasteiger partial charge in [0.2, 0.25) is 0 Å². The molecule has 0 aliphatic carbocycles. The molecule has 4 rings (SSSR count). The minimum Gasteiger partial charge on any atom is -0.486 e. The number of hydrogen-bond donors (Lipinski definition) is 2. The van der Waals surface area contributed by atoms with Gasteiger partial charge in [0.15, 0.2) is 17.6 Å². The van der Waals surface area contributed by atoms with Crippen molar-refractivity contribution in [1.82, 2.24) is 9.99 Å².